The first-order valence-electron chi connectivity index (χ1n) is 9.01. The van der Waals surface area contributed by atoms with E-state index >= 15 is 0 Å². The Morgan fingerprint density at radius 2 is 1.84 bits per heavy atom. The molecule has 2 aromatic rings. The SMILES string of the molecule is CCOc1ccc(NC(=S)N(Cc2ccccc2)C(C)C2CC2)cc1. The van der Waals surface area contributed by atoms with Crippen molar-refractivity contribution in [2.45, 2.75) is 39.3 Å². The van der Waals surface area contributed by atoms with Crippen molar-refractivity contribution < 1.29 is 4.74 Å². The number of hydrogen-bond donors (Lipinski definition) is 1. The van der Waals surface area contributed by atoms with Crippen LogP contribution in [0.4, 0.5) is 5.69 Å². The lowest BCUT2D eigenvalue weighted by Crippen LogP contribution is -2.41. The number of benzene rings is 2. The summed E-state index contributed by atoms with van der Waals surface area (Å²) >= 11 is 5.75. The second-order valence-corrected chi connectivity index (χ2v) is 6.97. The molecule has 0 spiro atoms. The van der Waals surface area contributed by atoms with Crippen LogP contribution >= 0.6 is 12.2 Å². The van der Waals surface area contributed by atoms with Crippen LogP contribution in [0.5, 0.6) is 5.75 Å². The summed E-state index contributed by atoms with van der Waals surface area (Å²) in [5, 5.41) is 4.18. The van der Waals surface area contributed by atoms with Gasteiger partial charge in [0, 0.05) is 18.3 Å². The Balaban J connectivity index is 1.69. The molecule has 0 radical (unpaired) electrons. The number of thiocarbonyl (C=S) groups is 1. The zero-order valence-corrected chi connectivity index (χ0v) is 15.8. The molecule has 132 valence electrons. The maximum Gasteiger partial charge on any atom is 0.173 e. The zero-order chi connectivity index (χ0) is 17.6. The van der Waals surface area contributed by atoms with Crippen molar-refractivity contribution in [3.63, 3.8) is 0 Å². The fraction of sp³-hybridized carbons (Fsp3) is 0.381. The zero-order valence-electron chi connectivity index (χ0n) is 14.9. The molecule has 1 atom stereocenters. The maximum absolute atomic E-state index is 5.75. The van der Waals surface area contributed by atoms with Gasteiger partial charge in [-0.15, -0.1) is 0 Å². The summed E-state index contributed by atoms with van der Waals surface area (Å²) in [6.07, 6.45) is 2.61. The van der Waals surface area contributed by atoms with E-state index in [4.69, 9.17) is 17.0 Å². The molecule has 25 heavy (non-hydrogen) atoms. The van der Waals surface area contributed by atoms with E-state index in [0.717, 1.165) is 29.0 Å². The number of hydrogen-bond acceptors (Lipinski definition) is 2. The Kier molecular flexibility index (Phi) is 5.92. The molecule has 1 aliphatic carbocycles. The molecule has 1 unspecified atom stereocenters. The monoisotopic (exact) mass is 354 g/mol. The van der Waals surface area contributed by atoms with Crippen molar-refractivity contribution in [3.8, 4) is 5.75 Å². The van der Waals surface area contributed by atoms with E-state index in [1.165, 1.54) is 18.4 Å². The first-order valence-corrected chi connectivity index (χ1v) is 9.42. The maximum atomic E-state index is 5.75. The average Bonchev–Trinajstić information content (AvgIpc) is 3.47. The molecule has 1 saturated carbocycles. The third kappa shape index (κ3) is 4.95. The summed E-state index contributed by atoms with van der Waals surface area (Å²) in [6, 6.07) is 19.0. The van der Waals surface area contributed by atoms with Gasteiger partial charge in [0.1, 0.15) is 5.75 Å². The normalized spacial score (nSPS) is 14.6. The average molecular weight is 355 g/mol. The molecule has 0 aromatic heterocycles. The van der Waals surface area contributed by atoms with Crippen LogP contribution in [0.2, 0.25) is 0 Å². The van der Waals surface area contributed by atoms with Gasteiger partial charge in [0.2, 0.25) is 0 Å². The molecule has 0 aliphatic heterocycles. The molecule has 0 saturated heterocycles. The van der Waals surface area contributed by atoms with Crippen LogP contribution < -0.4 is 10.1 Å². The molecule has 1 fully saturated rings. The number of rotatable bonds is 7. The first-order chi connectivity index (χ1) is 12.2. The van der Waals surface area contributed by atoms with Crippen molar-refractivity contribution in [2.75, 3.05) is 11.9 Å². The third-order valence-corrected chi connectivity index (χ3v) is 5.01. The Morgan fingerprint density at radius 3 is 2.44 bits per heavy atom. The van der Waals surface area contributed by atoms with Crippen LogP contribution in [-0.2, 0) is 6.54 Å². The lowest BCUT2D eigenvalue weighted by atomic mass is 10.1. The van der Waals surface area contributed by atoms with E-state index in [9.17, 15) is 0 Å². The van der Waals surface area contributed by atoms with Crippen molar-refractivity contribution in [2.24, 2.45) is 5.92 Å². The Bertz CT molecular complexity index is 683. The Morgan fingerprint density at radius 1 is 1.16 bits per heavy atom. The van der Waals surface area contributed by atoms with Crippen LogP contribution in [0, 0.1) is 5.92 Å². The molecular weight excluding hydrogens is 328 g/mol. The largest absolute Gasteiger partial charge is 0.494 e. The van der Waals surface area contributed by atoms with Gasteiger partial charge in [-0.05, 0) is 74.7 Å². The van der Waals surface area contributed by atoms with Crippen LogP contribution in [0.3, 0.4) is 0 Å². The molecule has 0 heterocycles. The molecule has 4 heteroatoms. The smallest absolute Gasteiger partial charge is 0.173 e. The fourth-order valence-corrected chi connectivity index (χ4v) is 3.36. The predicted octanol–water partition coefficient (Wildman–Crippen LogP) is 5.08. The Labute approximate surface area is 156 Å². The highest BCUT2D eigenvalue weighted by Crippen LogP contribution is 2.36. The quantitative estimate of drug-likeness (QED) is 0.701. The van der Waals surface area contributed by atoms with Crippen LogP contribution in [0.1, 0.15) is 32.3 Å². The second-order valence-electron chi connectivity index (χ2n) is 6.58. The van der Waals surface area contributed by atoms with Crippen molar-refractivity contribution >= 4 is 23.0 Å². The van der Waals surface area contributed by atoms with Crippen molar-refractivity contribution in [3.05, 3.63) is 60.2 Å². The van der Waals surface area contributed by atoms with Crippen LogP contribution in [0.25, 0.3) is 0 Å². The molecule has 3 rings (SSSR count). The van der Waals surface area contributed by atoms with Gasteiger partial charge in [0.25, 0.3) is 0 Å². The minimum absolute atomic E-state index is 0.447. The summed E-state index contributed by atoms with van der Waals surface area (Å²) in [6.45, 7) is 5.78. The van der Waals surface area contributed by atoms with Crippen LogP contribution in [-0.4, -0.2) is 22.7 Å². The summed E-state index contributed by atoms with van der Waals surface area (Å²) in [7, 11) is 0. The van der Waals surface area contributed by atoms with Crippen molar-refractivity contribution in [1.29, 1.82) is 0 Å². The van der Waals surface area contributed by atoms with Gasteiger partial charge >= 0.3 is 0 Å². The van der Waals surface area contributed by atoms with Gasteiger partial charge in [-0.3, -0.25) is 0 Å². The minimum atomic E-state index is 0.447. The molecule has 0 amide bonds. The van der Waals surface area contributed by atoms with Gasteiger partial charge in [0.05, 0.1) is 6.61 Å². The summed E-state index contributed by atoms with van der Waals surface area (Å²) in [5.74, 6) is 1.63. The van der Waals surface area contributed by atoms with E-state index in [2.05, 4.69) is 47.5 Å². The van der Waals surface area contributed by atoms with Gasteiger partial charge in [0.15, 0.2) is 5.11 Å². The molecule has 3 nitrogen and oxygen atoms in total. The van der Waals surface area contributed by atoms with Gasteiger partial charge in [-0.2, -0.15) is 0 Å². The van der Waals surface area contributed by atoms with E-state index in [1.54, 1.807) is 0 Å². The van der Waals surface area contributed by atoms with Gasteiger partial charge in [-0.1, -0.05) is 30.3 Å². The van der Waals surface area contributed by atoms with Gasteiger partial charge < -0.3 is 15.0 Å². The topological polar surface area (TPSA) is 24.5 Å². The third-order valence-electron chi connectivity index (χ3n) is 4.67. The lowest BCUT2D eigenvalue weighted by Gasteiger charge is -2.32. The summed E-state index contributed by atoms with van der Waals surface area (Å²) < 4.78 is 5.50. The number of nitrogens with one attached hydrogen (secondary N) is 1. The predicted molar refractivity (Wildman–Crippen MR) is 108 cm³/mol. The van der Waals surface area contributed by atoms with E-state index in [-0.39, 0.29) is 0 Å². The summed E-state index contributed by atoms with van der Waals surface area (Å²) in [4.78, 5) is 2.32. The van der Waals surface area contributed by atoms with Gasteiger partial charge in [-0.25, -0.2) is 0 Å². The second kappa shape index (κ2) is 8.34. The number of nitrogens with zero attached hydrogens (tertiary/aromatic N) is 1. The lowest BCUT2D eigenvalue weighted by molar-refractivity contribution is 0.298. The molecule has 2 aromatic carbocycles. The number of anilines is 1. The van der Waals surface area contributed by atoms with Crippen LogP contribution in [0.15, 0.2) is 54.6 Å². The summed E-state index contributed by atoms with van der Waals surface area (Å²) in [5.41, 5.74) is 2.28. The standard InChI is InChI=1S/C21H26N2OS/c1-3-24-20-13-11-19(12-14-20)22-21(25)23(16(2)18-9-10-18)15-17-7-5-4-6-8-17/h4-8,11-14,16,18H,3,9-10,15H2,1-2H3,(H,22,25). The van der Waals surface area contributed by atoms with E-state index in [0.29, 0.717) is 12.6 Å². The van der Waals surface area contributed by atoms with E-state index < -0.39 is 0 Å². The molecule has 1 aliphatic rings. The highest BCUT2D eigenvalue weighted by molar-refractivity contribution is 7.80. The molecule has 0 bridgehead atoms. The first kappa shape index (κ1) is 17.7. The molecular formula is C21H26N2OS. The van der Waals surface area contributed by atoms with E-state index in [1.807, 2.05) is 31.2 Å². The highest BCUT2D eigenvalue weighted by atomic mass is 32.1. The van der Waals surface area contributed by atoms with Crippen molar-refractivity contribution in [1.82, 2.24) is 4.90 Å². The number of ether oxygens (including phenoxy) is 1. The highest BCUT2D eigenvalue weighted by Gasteiger charge is 2.33. The minimum Gasteiger partial charge on any atom is -0.494 e. The molecule has 1 N–H and O–H groups in total. The Hall–Kier alpha value is -2.07. The fourth-order valence-electron chi connectivity index (χ4n) is 3.01.